The summed E-state index contributed by atoms with van der Waals surface area (Å²) in [7, 11) is 2.08. The topological polar surface area (TPSA) is 50.3 Å². The Balaban J connectivity index is 1.70. The Hall–Kier alpha value is -2.33. The van der Waals surface area contributed by atoms with E-state index in [9.17, 15) is 9.59 Å². The Morgan fingerprint density at radius 1 is 1.04 bits per heavy atom. The van der Waals surface area contributed by atoms with E-state index in [1.165, 1.54) is 0 Å². The average molecular weight is 322 g/mol. The van der Waals surface area contributed by atoms with Gasteiger partial charge in [-0.1, -0.05) is 36.4 Å². The summed E-state index contributed by atoms with van der Waals surface area (Å²) in [5.41, 5.74) is 1.82. The van der Waals surface area contributed by atoms with Gasteiger partial charge < -0.3 is 4.90 Å². The molecule has 0 atom stereocenters. The first-order chi connectivity index (χ1) is 11.6. The van der Waals surface area contributed by atoms with Crippen LogP contribution in [0.15, 0.2) is 48.5 Å². The van der Waals surface area contributed by atoms with Gasteiger partial charge in [-0.2, -0.15) is 0 Å². The van der Waals surface area contributed by atoms with Crippen molar-refractivity contribution in [3.8, 4) is 0 Å². The Morgan fingerprint density at radius 2 is 1.75 bits per heavy atom. The summed E-state index contributed by atoms with van der Waals surface area (Å²) in [6.45, 7) is 1.89. The van der Waals surface area contributed by atoms with Crippen molar-refractivity contribution in [3.05, 3.63) is 65.5 Å². The van der Waals surface area contributed by atoms with Gasteiger partial charge in [-0.25, -0.2) is 4.98 Å². The van der Waals surface area contributed by atoms with Crippen LogP contribution >= 0.6 is 0 Å². The third-order valence-electron chi connectivity index (χ3n) is 4.59. The van der Waals surface area contributed by atoms with E-state index in [0.29, 0.717) is 17.0 Å². The molecule has 0 radical (unpaired) electrons. The van der Waals surface area contributed by atoms with E-state index in [4.69, 9.17) is 0 Å². The van der Waals surface area contributed by atoms with E-state index >= 15 is 0 Å². The predicted octanol–water partition coefficient (Wildman–Crippen LogP) is 3.03. The van der Waals surface area contributed by atoms with Gasteiger partial charge in [0.2, 0.25) is 0 Å². The number of carbonyl (C=O) groups is 2. The zero-order valence-corrected chi connectivity index (χ0v) is 13.9. The van der Waals surface area contributed by atoms with Gasteiger partial charge in [-0.15, -0.1) is 0 Å². The molecule has 0 aliphatic carbocycles. The summed E-state index contributed by atoms with van der Waals surface area (Å²) in [6, 6.07) is 14.6. The van der Waals surface area contributed by atoms with Crippen LogP contribution in [0, 0.1) is 5.92 Å². The largest absolute Gasteiger partial charge is 0.306 e. The summed E-state index contributed by atoms with van der Waals surface area (Å²) in [5, 5.41) is 0. The summed E-state index contributed by atoms with van der Waals surface area (Å²) in [5.74, 6) is 0.179. The molecule has 3 rings (SSSR count). The van der Waals surface area contributed by atoms with Gasteiger partial charge in [0, 0.05) is 17.2 Å². The van der Waals surface area contributed by atoms with Crippen molar-refractivity contribution in [1.29, 1.82) is 0 Å². The Bertz CT molecular complexity index is 719. The van der Waals surface area contributed by atoms with E-state index in [1.807, 2.05) is 30.3 Å². The number of rotatable bonds is 5. The van der Waals surface area contributed by atoms with Gasteiger partial charge in [0.1, 0.15) is 5.69 Å². The quantitative estimate of drug-likeness (QED) is 0.794. The van der Waals surface area contributed by atoms with Crippen LogP contribution in [-0.4, -0.2) is 41.6 Å². The maximum atomic E-state index is 12.6. The number of hydrogen-bond acceptors (Lipinski definition) is 4. The zero-order valence-electron chi connectivity index (χ0n) is 13.9. The van der Waals surface area contributed by atoms with Crippen molar-refractivity contribution in [2.45, 2.75) is 19.3 Å². The molecule has 24 heavy (non-hydrogen) atoms. The highest BCUT2D eigenvalue weighted by molar-refractivity contribution is 5.98. The van der Waals surface area contributed by atoms with Crippen LogP contribution in [0.1, 0.15) is 39.4 Å². The molecule has 4 heteroatoms. The van der Waals surface area contributed by atoms with Crippen LogP contribution in [-0.2, 0) is 6.42 Å². The molecule has 1 aliphatic rings. The number of Topliss-reactive ketones (excluding diaryl/α,β-unsaturated/α-hetero) is 2. The molecule has 0 saturated carbocycles. The third-order valence-corrected chi connectivity index (χ3v) is 4.59. The second-order valence-corrected chi connectivity index (χ2v) is 6.42. The van der Waals surface area contributed by atoms with Crippen LogP contribution < -0.4 is 0 Å². The minimum atomic E-state index is 0.0204. The Morgan fingerprint density at radius 3 is 2.46 bits per heavy atom. The van der Waals surface area contributed by atoms with Crippen LogP contribution in [0.25, 0.3) is 0 Å². The lowest BCUT2D eigenvalue weighted by Crippen LogP contribution is -2.33. The molecule has 1 aromatic heterocycles. The average Bonchev–Trinajstić information content (AvgIpc) is 2.63. The normalized spacial score (nSPS) is 16.0. The third kappa shape index (κ3) is 3.95. The number of aromatic nitrogens is 1. The van der Waals surface area contributed by atoms with Crippen LogP contribution in [0.2, 0.25) is 0 Å². The van der Waals surface area contributed by atoms with E-state index < -0.39 is 0 Å². The lowest BCUT2D eigenvalue weighted by Gasteiger charge is -2.27. The first kappa shape index (κ1) is 16.5. The Labute approximate surface area is 142 Å². The number of benzene rings is 1. The molecular formula is C20H22N2O2. The van der Waals surface area contributed by atoms with Crippen molar-refractivity contribution in [3.63, 3.8) is 0 Å². The van der Waals surface area contributed by atoms with Crippen LogP contribution in [0.5, 0.6) is 0 Å². The summed E-state index contributed by atoms with van der Waals surface area (Å²) < 4.78 is 0. The van der Waals surface area contributed by atoms with Gasteiger partial charge in [-0.3, -0.25) is 9.59 Å². The van der Waals surface area contributed by atoms with Gasteiger partial charge in [0.15, 0.2) is 11.6 Å². The fraction of sp³-hybridized carbons (Fsp3) is 0.350. The Kier molecular flexibility index (Phi) is 5.16. The highest BCUT2D eigenvalue weighted by Gasteiger charge is 2.25. The maximum absolute atomic E-state index is 12.6. The standard InChI is InChI=1S/C20H22N2O2/c1-22-12-10-16(11-13-22)20(24)18-9-5-8-17(21-18)14-19(23)15-6-3-2-4-7-15/h2-9,16H,10-14H2,1H3. The first-order valence-corrected chi connectivity index (χ1v) is 8.40. The number of nitrogens with zero attached hydrogens (tertiary/aromatic N) is 2. The van der Waals surface area contributed by atoms with Crippen LogP contribution in [0.4, 0.5) is 0 Å². The number of ketones is 2. The molecule has 0 bridgehead atoms. The second-order valence-electron chi connectivity index (χ2n) is 6.42. The zero-order chi connectivity index (χ0) is 16.9. The lowest BCUT2D eigenvalue weighted by atomic mass is 9.91. The molecule has 0 amide bonds. The summed E-state index contributed by atoms with van der Waals surface area (Å²) in [6.07, 6.45) is 1.98. The predicted molar refractivity (Wildman–Crippen MR) is 93.3 cm³/mol. The minimum absolute atomic E-state index is 0.0204. The van der Waals surface area contributed by atoms with Gasteiger partial charge >= 0.3 is 0 Å². The maximum Gasteiger partial charge on any atom is 0.184 e. The van der Waals surface area contributed by atoms with Gasteiger partial charge in [0.05, 0.1) is 6.42 Å². The number of hydrogen-bond donors (Lipinski definition) is 0. The van der Waals surface area contributed by atoms with E-state index in [1.54, 1.807) is 18.2 Å². The van der Waals surface area contributed by atoms with Crippen molar-refractivity contribution in [2.75, 3.05) is 20.1 Å². The van der Waals surface area contributed by atoms with Crippen molar-refractivity contribution in [1.82, 2.24) is 9.88 Å². The number of pyridine rings is 1. The van der Waals surface area contributed by atoms with Crippen LogP contribution in [0.3, 0.4) is 0 Å². The molecule has 2 heterocycles. The van der Waals surface area contributed by atoms with Crippen molar-refractivity contribution < 1.29 is 9.59 Å². The molecule has 124 valence electrons. The molecule has 1 aliphatic heterocycles. The number of piperidine rings is 1. The number of likely N-dealkylation sites (tertiary alicyclic amines) is 1. The molecular weight excluding hydrogens is 300 g/mol. The lowest BCUT2D eigenvalue weighted by molar-refractivity contribution is 0.0850. The van der Waals surface area contributed by atoms with E-state index in [2.05, 4.69) is 16.9 Å². The molecule has 4 nitrogen and oxygen atoms in total. The van der Waals surface area contributed by atoms with E-state index in [0.717, 1.165) is 25.9 Å². The van der Waals surface area contributed by atoms with Crippen molar-refractivity contribution >= 4 is 11.6 Å². The summed E-state index contributed by atoms with van der Waals surface area (Å²) >= 11 is 0. The summed E-state index contributed by atoms with van der Waals surface area (Å²) in [4.78, 5) is 31.6. The highest BCUT2D eigenvalue weighted by Crippen LogP contribution is 2.20. The fourth-order valence-electron chi connectivity index (χ4n) is 3.09. The monoisotopic (exact) mass is 322 g/mol. The fourth-order valence-corrected chi connectivity index (χ4v) is 3.09. The molecule has 2 aromatic rings. The SMILES string of the molecule is CN1CCC(C(=O)c2cccc(CC(=O)c3ccccc3)n2)CC1. The van der Waals surface area contributed by atoms with Crippen molar-refractivity contribution in [2.24, 2.45) is 5.92 Å². The molecule has 1 fully saturated rings. The van der Waals surface area contributed by atoms with Gasteiger partial charge in [0.25, 0.3) is 0 Å². The van der Waals surface area contributed by atoms with Gasteiger partial charge in [-0.05, 0) is 45.1 Å². The first-order valence-electron chi connectivity index (χ1n) is 8.40. The minimum Gasteiger partial charge on any atom is -0.306 e. The molecule has 0 unspecified atom stereocenters. The second kappa shape index (κ2) is 7.49. The molecule has 0 N–H and O–H groups in total. The highest BCUT2D eigenvalue weighted by atomic mass is 16.1. The van der Waals surface area contributed by atoms with E-state index in [-0.39, 0.29) is 23.9 Å². The smallest absolute Gasteiger partial charge is 0.184 e. The molecule has 1 aromatic carbocycles. The molecule has 0 spiro atoms. The molecule has 1 saturated heterocycles. The number of carbonyl (C=O) groups excluding carboxylic acids is 2.